The Morgan fingerprint density at radius 1 is 1.03 bits per heavy atom. The van der Waals surface area contributed by atoms with Gasteiger partial charge in [0.15, 0.2) is 0 Å². The lowest BCUT2D eigenvalue weighted by molar-refractivity contribution is 0.0771. The van der Waals surface area contributed by atoms with Gasteiger partial charge in [0.05, 0.1) is 17.0 Å². The van der Waals surface area contributed by atoms with E-state index in [-0.39, 0.29) is 11.4 Å². The van der Waals surface area contributed by atoms with E-state index in [9.17, 15) is 13.5 Å². The maximum absolute atomic E-state index is 13.5. The van der Waals surface area contributed by atoms with Crippen LogP contribution in [0.15, 0.2) is 84.1 Å². The van der Waals surface area contributed by atoms with E-state index >= 15 is 0 Å². The Bertz CT molecular complexity index is 1300. The van der Waals surface area contributed by atoms with Crippen LogP contribution in [0, 0.1) is 0 Å². The highest BCUT2D eigenvalue weighted by Crippen LogP contribution is 2.39. The van der Waals surface area contributed by atoms with Crippen molar-refractivity contribution in [2.45, 2.75) is 30.0 Å². The molecular formula is C23H21N3O3S. The van der Waals surface area contributed by atoms with Gasteiger partial charge in [0.1, 0.15) is 0 Å². The van der Waals surface area contributed by atoms with Crippen molar-refractivity contribution in [1.29, 1.82) is 0 Å². The van der Waals surface area contributed by atoms with E-state index in [1.54, 1.807) is 42.7 Å². The van der Waals surface area contributed by atoms with Crippen LogP contribution in [0.1, 0.15) is 22.8 Å². The third-order valence-corrected chi connectivity index (χ3v) is 7.67. The minimum Gasteiger partial charge on any atom is -0.387 e. The zero-order valence-corrected chi connectivity index (χ0v) is 17.0. The fourth-order valence-corrected chi connectivity index (χ4v) is 6.10. The maximum Gasteiger partial charge on any atom is 0.244 e. The second-order valence-electron chi connectivity index (χ2n) is 7.53. The molecule has 1 aliphatic heterocycles. The average Bonchev–Trinajstić information content (AvgIpc) is 3.18. The minimum atomic E-state index is -3.78. The number of nitrogens with one attached hydrogen (secondary N) is 1. The van der Waals surface area contributed by atoms with E-state index in [1.807, 2.05) is 36.5 Å². The summed E-state index contributed by atoms with van der Waals surface area (Å²) in [5.41, 5.74) is 3.18. The maximum atomic E-state index is 13.5. The molecule has 0 fully saturated rings. The van der Waals surface area contributed by atoms with Gasteiger partial charge in [0.2, 0.25) is 10.0 Å². The summed E-state index contributed by atoms with van der Waals surface area (Å²) in [5, 5.41) is 12.3. The van der Waals surface area contributed by atoms with Crippen LogP contribution >= 0.6 is 0 Å². The molecular weight excluding hydrogens is 398 g/mol. The zero-order valence-electron chi connectivity index (χ0n) is 16.1. The Balaban J connectivity index is 1.62. The van der Waals surface area contributed by atoms with Crippen LogP contribution in [0.25, 0.3) is 10.9 Å². The second kappa shape index (κ2) is 7.36. The van der Waals surface area contributed by atoms with Crippen LogP contribution in [0.4, 0.5) is 0 Å². The molecule has 5 rings (SSSR count). The number of aromatic amines is 1. The number of aromatic nitrogens is 2. The molecule has 2 atom stereocenters. The number of pyridine rings is 1. The van der Waals surface area contributed by atoms with Crippen LogP contribution in [-0.2, 0) is 23.0 Å². The molecule has 2 aromatic carbocycles. The molecule has 2 N–H and O–H groups in total. The molecule has 1 aliphatic rings. The van der Waals surface area contributed by atoms with Crippen LogP contribution in [0.3, 0.4) is 0 Å². The van der Waals surface area contributed by atoms with Crippen molar-refractivity contribution in [2.75, 3.05) is 0 Å². The number of hydrogen-bond donors (Lipinski definition) is 2. The lowest BCUT2D eigenvalue weighted by atomic mass is 9.95. The average molecular weight is 420 g/mol. The minimum absolute atomic E-state index is 0.147. The highest BCUT2D eigenvalue weighted by Gasteiger charge is 2.43. The van der Waals surface area contributed by atoms with Crippen molar-refractivity contribution in [1.82, 2.24) is 14.3 Å². The fourth-order valence-electron chi connectivity index (χ4n) is 4.24. The molecule has 0 amide bonds. The predicted molar refractivity (Wildman–Crippen MR) is 114 cm³/mol. The van der Waals surface area contributed by atoms with Crippen molar-refractivity contribution in [3.05, 3.63) is 95.9 Å². The molecule has 0 spiro atoms. The van der Waals surface area contributed by atoms with Gasteiger partial charge in [-0.25, -0.2) is 8.42 Å². The number of nitrogens with zero attached hydrogens (tertiary/aromatic N) is 2. The van der Waals surface area contributed by atoms with E-state index in [0.717, 1.165) is 22.0 Å². The standard InChI is InChI=1S/C23H21N3O3S/c27-23-19-8-2-4-10-22(19)30(28,29)26(15-16-6-5-11-24-13-16)21(23)12-17-14-25-20-9-3-1-7-18(17)20/h1-11,13-14,21,23,25,27H,12,15H2/t21-,23-/m0/s1. The third-order valence-electron chi connectivity index (χ3n) is 5.72. The molecule has 0 bridgehead atoms. The molecule has 0 saturated heterocycles. The first-order valence-electron chi connectivity index (χ1n) is 9.78. The number of aliphatic hydroxyl groups is 1. The van der Waals surface area contributed by atoms with Crippen LogP contribution < -0.4 is 0 Å². The van der Waals surface area contributed by atoms with Gasteiger partial charge in [-0.3, -0.25) is 4.98 Å². The third kappa shape index (κ3) is 3.11. The van der Waals surface area contributed by atoms with Gasteiger partial charge in [0.25, 0.3) is 0 Å². The summed E-state index contributed by atoms with van der Waals surface area (Å²) >= 11 is 0. The number of aliphatic hydroxyl groups excluding tert-OH is 1. The lowest BCUT2D eigenvalue weighted by Gasteiger charge is -2.39. The first kappa shape index (κ1) is 19.0. The number of fused-ring (bicyclic) bond motifs is 2. The predicted octanol–water partition coefficient (Wildman–Crippen LogP) is 3.41. The zero-order chi connectivity index (χ0) is 20.7. The van der Waals surface area contributed by atoms with Crippen molar-refractivity contribution in [3.8, 4) is 0 Å². The first-order chi connectivity index (χ1) is 14.6. The largest absolute Gasteiger partial charge is 0.387 e. The van der Waals surface area contributed by atoms with Crippen LogP contribution in [0.5, 0.6) is 0 Å². The van der Waals surface area contributed by atoms with E-state index in [2.05, 4.69) is 9.97 Å². The SMILES string of the molecule is O=S1(=O)c2ccccc2[C@H](O)[C@H](Cc2c[nH]c3ccccc23)N1Cc1cccnc1. The molecule has 0 saturated carbocycles. The fraction of sp³-hybridized carbons (Fsp3) is 0.174. The Morgan fingerprint density at radius 3 is 2.67 bits per heavy atom. The molecule has 3 heterocycles. The van der Waals surface area contributed by atoms with Gasteiger partial charge in [-0.2, -0.15) is 4.31 Å². The van der Waals surface area contributed by atoms with E-state index in [0.29, 0.717) is 12.0 Å². The summed E-state index contributed by atoms with van der Waals surface area (Å²) in [6, 6.07) is 17.6. The quantitative estimate of drug-likeness (QED) is 0.531. The monoisotopic (exact) mass is 419 g/mol. The van der Waals surface area contributed by atoms with Gasteiger partial charge in [-0.1, -0.05) is 42.5 Å². The topological polar surface area (TPSA) is 86.3 Å². The molecule has 4 aromatic rings. The van der Waals surface area contributed by atoms with Crippen LogP contribution in [0.2, 0.25) is 0 Å². The molecule has 30 heavy (non-hydrogen) atoms. The highest BCUT2D eigenvalue weighted by molar-refractivity contribution is 7.89. The summed E-state index contributed by atoms with van der Waals surface area (Å²) < 4.78 is 28.5. The Hall–Kier alpha value is -3.00. The summed E-state index contributed by atoms with van der Waals surface area (Å²) in [6.07, 6.45) is 4.66. The lowest BCUT2D eigenvalue weighted by Crippen LogP contribution is -2.48. The van der Waals surface area contributed by atoms with Gasteiger partial charge >= 0.3 is 0 Å². The molecule has 0 unspecified atom stereocenters. The van der Waals surface area contributed by atoms with Gasteiger partial charge in [0, 0.05) is 41.6 Å². The summed E-state index contributed by atoms with van der Waals surface area (Å²) in [4.78, 5) is 7.51. The summed E-state index contributed by atoms with van der Waals surface area (Å²) in [6.45, 7) is 0.147. The number of para-hydroxylation sites is 1. The van der Waals surface area contributed by atoms with E-state index in [4.69, 9.17) is 0 Å². The number of rotatable bonds is 4. The summed E-state index contributed by atoms with van der Waals surface area (Å²) in [5.74, 6) is 0. The Morgan fingerprint density at radius 2 is 1.83 bits per heavy atom. The number of H-pyrrole nitrogens is 1. The Labute approximate surface area is 174 Å². The van der Waals surface area contributed by atoms with Crippen molar-refractivity contribution < 1.29 is 13.5 Å². The van der Waals surface area contributed by atoms with Gasteiger partial charge in [-0.05, 0) is 35.7 Å². The smallest absolute Gasteiger partial charge is 0.244 e. The number of hydrogen-bond acceptors (Lipinski definition) is 4. The van der Waals surface area contributed by atoms with E-state index in [1.165, 1.54) is 4.31 Å². The van der Waals surface area contributed by atoms with E-state index < -0.39 is 22.2 Å². The number of benzene rings is 2. The highest BCUT2D eigenvalue weighted by atomic mass is 32.2. The van der Waals surface area contributed by atoms with Crippen molar-refractivity contribution in [3.63, 3.8) is 0 Å². The van der Waals surface area contributed by atoms with Gasteiger partial charge in [-0.15, -0.1) is 0 Å². The normalized spacial score (nSPS) is 20.8. The molecule has 152 valence electrons. The first-order valence-corrected chi connectivity index (χ1v) is 11.2. The van der Waals surface area contributed by atoms with Crippen LogP contribution in [-0.4, -0.2) is 33.8 Å². The molecule has 2 aromatic heterocycles. The molecule has 0 radical (unpaired) electrons. The number of sulfonamides is 1. The molecule has 6 nitrogen and oxygen atoms in total. The van der Waals surface area contributed by atoms with Crippen molar-refractivity contribution in [2.24, 2.45) is 0 Å². The van der Waals surface area contributed by atoms with Crippen molar-refractivity contribution >= 4 is 20.9 Å². The molecule has 7 heteroatoms. The Kier molecular flexibility index (Phi) is 4.66. The second-order valence-corrected chi connectivity index (χ2v) is 9.38. The molecule has 0 aliphatic carbocycles. The summed E-state index contributed by atoms with van der Waals surface area (Å²) in [7, 11) is -3.78. The van der Waals surface area contributed by atoms with Gasteiger partial charge < -0.3 is 10.1 Å².